The van der Waals surface area contributed by atoms with Gasteiger partial charge >= 0.3 is 5.97 Å². The molecule has 2 aromatic carbocycles. The molecule has 0 bridgehead atoms. The van der Waals surface area contributed by atoms with E-state index in [9.17, 15) is 14.3 Å². The molecular weight excluding hydrogens is 470 g/mol. The molecule has 0 aliphatic carbocycles. The summed E-state index contributed by atoms with van der Waals surface area (Å²) in [6.45, 7) is 4.48. The van der Waals surface area contributed by atoms with Crippen molar-refractivity contribution in [2.24, 2.45) is 0 Å². The first-order valence-corrected chi connectivity index (χ1v) is 11.6. The molecular formula is C24H29Cl2FN2O4. The second kappa shape index (κ2) is 11.5. The minimum Gasteiger partial charge on any atom is -0.490 e. The molecule has 3 N–H and O–H groups in total. The fourth-order valence-corrected chi connectivity index (χ4v) is 4.13. The fraction of sp³-hybridized carbons (Fsp3) is 0.458. The zero-order chi connectivity index (χ0) is 24.0. The van der Waals surface area contributed by atoms with Gasteiger partial charge in [0.05, 0.1) is 16.5 Å². The zero-order valence-corrected chi connectivity index (χ0v) is 20.0. The average Bonchev–Trinajstić information content (AvgIpc) is 2.76. The van der Waals surface area contributed by atoms with Crippen molar-refractivity contribution in [3.63, 3.8) is 0 Å². The molecule has 0 unspecified atom stereocenters. The van der Waals surface area contributed by atoms with Gasteiger partial charge in [0.25, 0.3) is 0 Å². The third-order valence-electron chi connectivity index (χ3n) is 5.66. The zero-order valence-electron chi connectivity index (χ0n) is 18.5. The number of aliphatic carboxylic acids is 1. The Morgan fingerprint density at radius 3 is 2.61 bits per heavy atom. The monoisotopic (exact) mass is 498 g/mol. The maximum Gasteiger partial charge on any atom is 0.307 e. The second-order valence-corrected chi connectivity index (χ2v) is 9.60. The van der Waals surface area contributed by atoms with Gasteiger partial charge in [-0.05, 0) is 56.6 Å². The minimum atomic E-state index is -1.20. The van der Waals surface area contributed by atoms with E-state index in [1.807, 2.05) is 18.2 Å². The summed E-state index contributed by atoms with van der Waals surface area (Å²) in [5, 5.41) is 24.2. The Morgan fingerprint density at radius 1 is 1.21 bits per heavy atom. The van der Waals surface area contributed by atoms with Crippen LogP contribution in [0.3, 0.4) is 0 Å². The molecule has 9 heteroatoms. The molecule has 33 heavy (non-hydrogen) atoms. The maximum absolute atomic E-state index is 13.6. The average molecular weight is 499 g/mol. The number of carboxylic acid groups (broad SMARTS) is 1. The third-order valence-corrected chi connectivity index (χ3v) is 6.40. The largest absolute Gasteiger partial charge is 0.490 e. The van der Waals surface area contributed by atoms with Gasteiger partial charge in [-0.25, -0.2) is 4.39 Å². The number of hydrogen-bond acceptors (Lipinski definition) is 5. The van der Waals surface area contributed by atoms with E-state index in [-0.39, 0.29) is 24.8 Å². The van der Waals surface area contributed by atoms with Crippen molar-refractivity contribution >= 4 is 29.2 Å². The Kier molecular flexibility index (Phi) is 8.95. The third kappa shape index (κ3) is 8.12. The van der Waals surface area contributed by atoms with E-state index >= 15 is 0 Å². The molecule has 0 saturated carbocycles. The number of hydrogen-bond donors (Lipinski definition) is 3. The molecule has 3 rings (SSSR count). The normalized spacial score (nSPS) is 17.0. The number of piperidine rings is 1. The minimum absolute atomic E-state index is 0.0910. The number of ether oxygens (including phenoxy) is 1. The topological polar surface area (TPSA) is 82.0 Å². The van der Waals surface area contributed by atoms with Crippen LogP contribution in [0.5, 0.6) is 5.75 Å². The molecule has 2 aromatic rings. The predicted molar refractivity (Wildman–Crippen MR) is 127 cm³/mol. The van der Waals surface area contributed by atoms with Gasteiger partial charge in [0.1, 0.15) is 23.8 Å². The fourth-order valence-electron chi connectivity index (χ4n) is 3.81. The number of nitrogens with one attached hydrogen (secondary N) is 1. The van der Waals surface area contributed by atoms with E-state index in [1.54, 1.807) is 6.92 Å². The Labute approximate surface area is 203 Å². The number of aliphatic hydroxyl groups is 1. The first-order chi connectivity index (χ1) is 15.6. The van der Waals surface area contributed by atoms with Crippen molar-refractivity contribution in [2.75, 3.05) is 26.2 Å². The number of carbonyl (C=O) groups is 1. The molecule has 1 aliphatic heterocycles. The van der Waals surface area contributed by atoms with Gasteiger partial charge in [0.15, 0.2) is 0 Å². The highest BCUT2D eigenvalue weighted by Crippen LogP contribution is 2.25. The smallest absolute Gasteiger partial charge is 0.307 e. The van der Waals surface area contributed by atoms with Crippen molar-refractivity contribution in [3.8, 4) is 5.75 Å². The molecule has 6 nitrogen and oxygen atoms in total. The molecule has 0 spiro atoms. The quantitative estimate of drug-likeness (QED) is 0.456. The summed E-state index contributed by atoms with van der Waals surface area (Å²) in [4.78, 5) is 13.4. The van der Waals surface area contributed by atoms with Gasteiger partial charge in [-0.15, -0.1) is 0 Å². The molecule has 1 atom stereocenters. The van der Waals surface area contributed by atoms with E-state index in [1.165, 1.54) is 12.1 Å². The van der Waals surface area contributed by atoms with Gasteiger partial charge in [-0.2, -0.15) is 0 Å². The lowest BCUT2D eigenvalue weighted by Crippen LogP contribution is -2.49. The van der Waals surface area contributed by atoms with Crippen molar-refractivity contribution < 1.29 is 24.1 Å². The Bertz CT molecular complexity index is 965. The van der Waals surface area contributed by atoms with E-state index in [0.717, 1.165) is 44.1 Å². The first-order valence-electron chi connectivity index (χ1n) is 10.9. The van der Waals surface area contributed by atoms with Crippen LogP contribution in [0.25, 0.3) is 0 Å². The van der Waals surface area contributed by atoms with E-state index in [4.69, 9.17) is 33.0 Å². The lowest BCUT2D eigenvalue weighted by molar-refractivity contribution is -0.136. The lowest BCUT2D eigenvalue weighted by Gasteiger charge is -2.34. The van der Waals surface area contributed by atoms with Crippen LogP contribution in [0.4, 0.5) is 4.39 Å². The molecule has 0 radical (unpaired) electrons. The van der Waals surface area contributed by atoms with Gasteiger partial charge in [-0.1, -0.05) is 35.3 Å². The van der Waals surface area contributed by atoms with Crippen LogP contribution in [0, 0.1) is 5.82 Å². The first kappa shape index (κ1) is 25.7. The summed E-state index contributed by atoms with van der Waals surface area (Å²) in [6, 6.07) is 9.67. The van der Waals surface area contributed by atoms with Crippen molar-refractivity contribution in [1.29, 1.82) is 0 Å². The van der Waals surface area contributed by atoms with Crippen LogP contribution in [0.1, 0.15) is 30.9 Å². The molecule has 1 saturated heterocycles. The highest BCUT2D eigenvalue weighted by molar-refractivity contribution is 6.42. The predicted octanol–water partition coefficient (Wildman–Crippen LogP) is 4.14. The van der Waals surface area contributed by atoms with Crippen LogP contribution in [0.15, 0.2) is 36.4 Å². The summed E-state index contributed by atoms with van der Waals surface area (Å²) in [6.07, 6.45) is 1.59. The highest BCUT2D eigenvalue weighted by atomic mass is 35.5. The standard InChI is InChI=1S/C24H29Cl2FN2O4/c1-24(32,15-33-22-12-18(27)4-3-17(22)11-23(30)31)14-28-19-6-8-29(9-7-19)13-16-2-5-20(25)21(26)10-16/h2-5,10,12,19,28,32H,6-9,11,13-15H2,1H3,(H,30,31)/t24-/m0/s1. The summed E-state index contributed by atoms with van der Waals surface area (Å²) in [5.74, 6) is -1.43. The molecule has 0 amide bonds. The van der Waals surface area contributed by atoms with E-state index in [0.29, 0.717) is 22.2 Å². The van der Waals surface area contributed by atoms with Crippen LogP contribution < -0.4 is 10.1 Å². The van der Waals surface area contributed by atoms with Crippen LogP contribution in [-0.2, 0) is 17.8 Å². The van der Waals surface area contributed by atoms with Gasteiger partial charge in [-0.3, -0.25) is 9.69 Å². The summed E-state index contributed by atoms with van der Waals surface area (Å²) < 4.78 is 19.2. The number of likely N-dealkylation sites (tertiary alicyclic amines) is 1. The second-order valence-electron chi connectivity index (χ2n) is 8.79. The SMILES string of the molecule is C[C@](O)(CNC1CCN(Cc2ccc(Cl)c(Cl)c2)CC1)COc1cc(F)ccc1CC(=O)O. The van der Waals surface area contributed by atoms with Crippen molar-refractivity contribution in [1.82, 2.24) is 10.2 Å². The number of nitrogens with zero attached hydrogens (tertiary/aromatic N) is 1. The van der Waals surface area contributed by atoms with Gasteiger partial charge in [0, 0.05) is 30.8 Å². The number of carboxylic acids is 1. The Balaban J connectivity index is 1.44. The Hall–Kier alpha value is -1.90. The van der Waals surface area contributed by atoms with E-state index < -0.39 is 17.4 Å². The van der Waals surface area contributed by atoms with Crippen molar-refractivity contribution in [3.05, 3.63) is 63.4 Å². The Morgan fingerprint density at radius 2 is 1.94 bits per heavy atom. The number of halogens is 3. The van der Waals surface area contributed by atoms with Gasteiger partial charge in [0.2, 0.25) is 0 Å². The molecule has 180 valence electrons. The van der Waals surface area contributed by atoms with Crippen LogP contribution in [-0.4, -0.2) is 59.0 Å². The highest BCUT2D eigenvalue weighted by Gasteiger charge is 2.26. The molecule has 1 fully saturated rings. The van der Waals surface area contributed by atoms with Crippen molar-refractivity contribution in [2.45, 2.75) is 44.4 Å². The number of benzene rings is 2. The summed E-state index contributed by atoms with van der Waals surface area (Å²) >= 11 is 12.1. The maximum atomic E-state index is 13.6. The van der Waals surface area contributed by atoms with Crippen LogP contribution >= 0.6 is 23.2 Å². The molecule has 1 aliphatic rings. The molecule has 1 heterocycles. The molecule has 0 aromatic heterocycles. The summed E-state index contributed by atoms with van der Waals surface area (Å²) in [5.41, 5.74) is 0.279. The van der Waals surface area contributed by atoms with Crippen LogP contribution in [0.2, 0.25) is 10.0 Å². The van der Waals surface area contributed by atoms with E-state index in [2.05, 4.69) is 10.2 Å². The van der Waals surface area contributed by atoms with Gasteiger partial charge < -0.3 is 20.3 Å². The summed E-state index contributed by atoms with van der Waals surface area (Å²) in [7, 11) is 0. The lowest BCUT2D eigenvalue weighted by atomic mass is 10.0. The number of rotatable bonds is 10.